The number of aromatic nitrogens is 8. The number of rotatable bonds is 1. The van der Waals surface area contributed by atoms with Crippen LogP contribution in [0.5, 0.6) is 0 Å². The number of fused-ring (bicyclic) bond motifs is 6. The summed E-state index contributed by atoms with van der Waals surface area (Å²) in [5, 5.41) is 11.1. The predicted octanol–water partition coefficient (Wildman–Crippen LogP) is 0.00330. The Hall–Kier alpha value is -2.35. The van der Waals surface area contributed by atoms with E-state index in [0.717, 1.165) is 0 Å². The summed E-state index contributed by atoms with van der Waals surface area (Å²) in [6.45, 7) is -8.78. The molecule has 6 heterocycles. The summed E-state index contributed by atoms with van der Waals surface area (Å²) in [7, 11) is 0. The van der Waals surface area contributed by atoms with Crippen LogP contribution >= 0.6 is 25.8 Å². The number of H-pyrrole nitrogens is 1. The molecule has 0 amide bonds. The lowest BCUT2D eigenvalue weighted by molar-refractivity contribution is -0.0476. The van der Waals surface area contributed by atoms with Gasteiger partial charge in [-0.3, -0.25) is 23.4 Å². The average Bonchev–Trinajstić information content (AvgIpc) is 3.55. The molecule has 2 unspecified atom stereocenters. The number of nitrogens with two attached hydrogens (primary N) is 1. The van der Waals surface area contributed by atoms with Crippen LogP contribution in [0.1, 0.15) is 12.1 Å². The number of nitrogens with zero attached hydrogens (tertiary/aromatic N) is 7. The number of aliphatic hydroxyl groups is 1. The molecule has 6 atom stereocenters. The zero-order valence-corrected chi connectivity index (χ0v) is 23.6. The first kappa shape index (κ1) is 27.8. The Balaban J connectivity index is 1.38. The fourth-order valence-corrected chi connectivity index (χ4v) is 6.87. The second kappa shape index (κ2) is 10.5. The Morgan fingerprint density at radius 3 is 2.88 bits per heavy atom. The number of ether oxygens (including phenoxy) is 1. The van der Waals surface area contributed by atoms with Gasteiger partial charge in [-0.05, 0) is 11.8 Å². The SMILES string of the molecule is Nc1nc2c(ncn2[C@@H]2O[C@@H]3COP(O)(=S)OCCn4c(nc5cncnc54)COP(=O)(S)O[C@@H]2[C@H]3O)c(=O)[nH]1. The molecule has 2 aliphatic rings. The van der Waals surface area contributed by atoms with Gasteiger partial charge in [-0.15, -0.1) is 0 Å². The molecule has 4 aromatic rings. The van der Waals surface area contributed by atoms with E-state index >= 15 is 0 Å². The molecule has 0 saturated carbocycles. The largest absolute Gasteiger partial charge is 0.387 e. The first-order valence-electron chi connectivity index (χ1n) is 11.5. The number of imidazole rings is 2. The predicted molar refractivity (Wildman–Crippen MR) is 142 cm³/mol. The molecule has 214 valence electrons. The zero-order valence-electron chi connectivity index (χ0n) is 20.1. The van der Waals surface area contributed by atoms with Gasteiger partial charge in [0.25, 0.3) is 5.56 Å². The van der Waals surface area contributed by atoms with Crippen molar-refractivity contribution in [2.45, 2.75) is 37.7 Å². The first-order valence-corrected chi connectivity index (χ1v) is 16.8. The summed E-state index contributed by atoms with van der Waals surface area (Å²) in [5.74, 6) is 0.0784. The molecule has 0 radical (unpaired) electrons. The maximum atomic E-state index is 13.4. The minimum Gasteiger partial charge on any atom is -0.387 e. The van der Waals surface area contributed by atoms with Gasteiger partial charge >= 0.3 is 13.5 Å². The lowest BCUT2D eigenvalue weighted by Gasteiger charge is -2.24. The van der Waals surface area contributed by atoms with Crippen molar-refractivity contribution >= 4 is 65.8 Å². The van der Waals surface area contributed by atoms with Crippen molar-refractivity contribution in [1.29, 1.82) is 0 Å². The Labute approximate surface area is 233 Å². The number of nitrogen functional groups attached to an aromatic ring is 1. The van der Waals surface area contributed by atoms with Crippen molar-refractivity contribution in [3.05, 3.63) is 35.0 Å². The van der Waals surface area contributed by atoms with E-state index in [1.165, 1.54) is 23.4 Å². The molecule has 0 aliphatic carbocycles. The molecule has 2 aliphatic heterocycles. The smallest absolute Gasteiger partial charge is 0.387 e. The number of nitrogens with one attached hydrogen (secondary N) is 1. The molecular weight excluding hydrogens is 612 g/mol. The van der Waals surface area contributed by atoms with E-state index in [2.05, 4.69) is 42.2 Å². The number of hydrogen-bond donors (Lipinski definition) is 5. The topological polar surface area (TPSA) is 237 Å². The van der Waals surface area contributed by atoms with Crippen LogP contribution in [-0.2, 0) is 52.4 Å². The molecule has 0 aromatic carbocycles. The second-order valence-corrected chi connectivity index (χ2v) is 14.4. The van der Waals surface area contributed by atoms with E-state index in [-0.39, 0.29) is 42.7 Å². The van der Waals surface area contributed by atoms with E-state index in [0.29, 0.717) is 11.2 Å². The van der Waals surface area contributed by atoms with Gasteiger partial charge in [-0.25, -0.2) is 24.5 Å². The summed E-state index contributed by atoms with van der Waals surface area (Å²) in [4.78, 5) is 45.9. The Morgan fingerprint density at radius 1 is 1.23 bits per heavy atom. The molecule has 6 rings (SSSR count). The van der Waals surface area contributed by atoms with Gasteiger partial charge in [-0.1, -0.05) is 12.2 Å². The van der Waals surface area contributed by atoms with Gasteiger partial charge in [0, 0.05) is 6.54 Å². The van der Waals surface area contributed by atoms with E-state index in [4.69, 9.17) is 40.4 Å². The summed E-state index contributed by atoms with van der Waals surface area (Å²) in [6.07, 6.45) is -1.33. The van der Waals surface area contributed by atoms with Gasteiger partial charge in [0.2, 0.25) is 5.95 Å². The normalized spacial score (nSPS) is 32.1. The van der Waals surface area contributed by atoms with Crippen molar-refractivity contribution in [1.82, 2.24) is 39.0 Å². The monoisotopic (exact) mass is 633 g/mol. The quantitative estimate of drug-likeness (QED) is 0.137. The number of thiol groups is 1. The minimum atomic E-state index is -4.22. The highest BCUT2D eigenvalue weighted by atomic mass is 32.7. The van der Waals surface area contributed by atoms with Gasteiger partial charge in [0.05, 0.1) is 25.7 Å². The highest BCUT2D eigenvalue weighted by Gasteiger charge is 2.49. The number of hydrogen-bond acceptors (Lipinski definition) is 15. The van der Waals surface area contributed by atoms with Crippen LogP contribution in [0, 0.1) is 0 Å². The highest BCUT2D eigenvalue weighted by molar-refractivity contribution is 8.44. The molecular formula is C18H21N9O9P2S2. The van der Waals surface area contributed by atoms with E-state index in [1.54, 1.807) is 4.57 Å². The fraction of sp³-hybridized carbons (Fsp3) is 0.444. The van der Waals surface area contributed by atoms with E-state index in [9.17, 15) is 19.4 Å². The molecule has 0 spiro atoms. The van der Waals surface area contributed by atoms with Crippen LogP contribution in [0.25, 0.3) is 22.3 Å². The van der Waals surface area contributed by atoms with Gasteiger partial charge in [-0.2, -0.15) is 4.98 Å². The van der Waals surface area contributed by atoms with Crippen molar-refractivity contribution in [2.24, 2.45) is 0 Å². The molecule has 18 nitrogen and oxygen atoms in total. The van der Waals surface area contributed by atoms with Crippen molar-refractivity contribution in [2.75, 3.05) is 18.9 Å². The Bertz CT molecular complexity index is 1750. The molecule has 5 N–H and O–H groups in total. The third kappa shape index (κ3) is 5.33. The third-order valence-electron chi connectivity index (χ3n) is 6.11. The van der Waals surface area contributed by atoms with Gasteiger partial charge in [0.15, 0.2) is 23.0 Å². The Kier molecular flexibility index (Phi) is 7.29. The first-order chi connectivity index (χ1) is 19.0. The summed E-state index contributed by atoms with van der Waals surface area (Å²) in [6, 6.07) is 0. The van der Waals surface area contributed by atoms with Crippen LogP contribution in [0.3, 0.4) is 0 Å². The summed E-state index contributed by atoms with van der Waals surface area (Å²) < 4.78 is 44.4. The standard InChI is InChI=1S/C18H21N9O9P2S2/c19-18-24-15-11(16(29)25-18)22-7-27(15)17-13-12(28)9(35-17)4-33-37(30,39)32-2-1-26-10(5-34-38(31,40)36-13)23-8-3-20-6-21-14(8)26/h3,6-7,9,12-13,17,28H,1-2,4-5H2,(H,30,39)(H,31,40)(H3,19,24,25,29)/t9-,12+,13-,17-,37?,38?/m1/s1. The lowest BCUT2D eigenvalue weighted by atomic mass is 10.1. The van der Waals surface area contributed by atoms with E-state index < -0.39 is 50.2 Å². The third-order valence-corrected chi connectivity index (χ3v) is 9.32. The van der Waals surface area contributed by atoms with Crippen LogP contribution in [0.2, 0.25) is 0 Å². The molecule has 1 fully saturated rings. The molecule has 22 heteroatoms. The zero-order chi connectivity index (χ0) is 28.2. The maximum absolute atomic E-state index is 13.4. The van der Waals surface area contributed by atoms with Gasteiger partial charge < -0.3 is 34.1 Å². The van der Waals surface area contributed by atoms with Crippen molar-refractivity contribution in [3.8, 4) is 0 Å². The molecule has 4 aromatic heterocycles. The average molecular weight is 634 g/mol. The van der Waals surface area contributed by atoms with Crippen LogP contribution in [0.15, 0.2) is 23.6 Å². The fourth-order valence-electron chi connectivity index (χ4n) is 4.37. The Morgan fingerprint density at radius 2 is 2.05 bits per heavy atom. The molecule has 1 saturated heterocycles. The van der Waals surface area contributed by atoms with Crippen LogP contribution < -0.4 is 11.3 Å². The summed E-state index contributed by atoms with van der Waals surface area (Å²) in [5.41, 5.74) is 5.88. The number of anilines is 1. The van der Waals surface area contributed by atoms with Crippen LogP contribution in [0.4, 0.5) is 5.95 Å². The van der Waals surface area contributed by atoms with Crippen LogP contribution in [-0.4, -0.2) is 80.6 Å². The molecule has 40 heavy (non-hydrogen) atoms. The maximum Gasteiger partial charge on any atom is 0.387 e. The number of aliphatic hydroxyl groups excluding tert-OH is 1. The van der Waals surface area contributed by atoms with E-state index in [1.807, 2.05) is 0 Å². The number of aromatic amines is 1. The highest BCUT2D eigenvalue weighted by Crippen LogP contribution is 2.57. The van der Waals surface area contributed by atoms with Crippen molar-refractivity contribution in [3.63, 3.8) is 0 Å². The van der Waals surface area contributed by atoms with Crippen molar-refractivity contribution < 1.29 is 37.4 Å². The minimum absolute atomic E-state index is 0.00312. The summed E-state index contributed by atoms with van der Waals surface area (Å²) >= 11 is 9.23. The second-order valence-electron chi connectivity index (χ2n) is 8.65. The van der Waals surface area contributed by atoms with Gasteiger partial charge in [0.1, 0.15) is 42.6 Å². The molecule has 2 bridgehead atoms. The lowest BCUT2D eigenvalue weighted by Crippen LogP contribution is -2.35.